The Morgan fingerprint density at radius 2 is 1.35 bits per heavy atom. The van der Waals surface area contributed by atoms with Crippen molar-refractivity contribution in [3.05, 3.63) is 143 Å². The van der Waals surface area contributed by atoms with Crippen molar-refractivity contribution in [2.75, 3.05) is 11.4 Å². The molecule has 0 fully saturated rings. The molecule has 2 heterocycles. The largest absolute Gasteiger partial charge is 1.00 e. The molecule has 0 radical (unpaired) electrons. The topological polar surface area (TPSA) is 7.12 Å². The molecular formula is C35H33BrN2S2. The number of halogens is 1. The lowest BCUT2D eigenvalue weighted by molar-refractivity contribution is -0.669. The van der Waals surface area contributed by atoms with Gasteiger partial charge in [-0.05, 0) is 54.7 Å². The van der Waals surface area contributed by atoms with Gasteiger partial charge in [0, 0.05) is 30.0 Å². The first-order chi connectivity index (χ1) is 19.3. The Kier molecular flexibility index (Phi) is 9.93. The van der Waals surface area contributed by atoms with Crippen LogP contribution in [0.2, 0.25) is 0 Å². The summed E-state index contributed by atoms with van der Waals surface area (Å²) >= 11 is 3.76. The summed E-state index contributed by atoms with van der Waals surface area (Å²) in [5, 5.41) is 2.61. The number of thioether (sulfide) groups is 1. The van der Waals surface area contributed by atoms with Crippen molar-refractivity contribution in [1.29, 1.82) is 0 Å². The number of anilines is 1. The maximum atomic E-state index is 2.49. The van der Waals surface area contributed by atoms with E-state index in [0.29, 0.717) is 0 Å². The van der Waals surface area contributed by atoms with Crippen molar-refractivity contribution in [3.8, 4) is 0 Å². The summed E-state index contributed by atoms with van der Waals surface area (Å²) in [5.41, 5.74) is 5.47. The van der Waals surface area contributed by atoms with E-state index in [4.69, 9.17) is 0 Å². The minimum atomic E-state index is 0. The van der Waals surface area contributed by atoms with E-state index in [0.717, 1.165) is 38.8 Å². The first-order valence-corrected chi connectivity index (χ1v) is 15.4. The Morgan fingerprint density at radius 3 is 2.12 bits per heavy atom. The van der Waals surface area contributed by atoms with E-state index in [-0.39, 0.29) is 17.0 Å². The lowest BCUT2D eigenvalue weighted by Gasteiger charge is -2.20. The molecule has 0 spiro atoms. The van der Waals surface area contributed by atoms with E-state index in [1.807, 2.05) is 23.1 Å². The Hall–Kier alpha value is -3.12. The quantitative estimate of drug-likeness (QED) is 0.178. The number of rotatable bonds is 10. The zero-order valence-electron chi connectivity index (χ0n) is 22.5. The first-order valence-electron chi connectivity index (χ1n) is 13.8. The number of nitrogens with zero attached hydrogens (tertiary/aromatic N) is 2. The minimum Gasteiger partial charge on any atom is -1.00 e. The van der Waals surface area contributed by atoms with E-state index in [1.54, 1.807) is 0 Å². The molecule has 1 aliphatic rings. The molecule has 5 heteroatoms. The van der Waals surface area contributed by atoms with Gasteiger partial charge in [-0.2, -0.15) is 4.57 Å². The second kappa shape index (κ2) is 14.0. The van der Waals surface area contributed by atoms with Crippen LogP contribution in [0, 0.1) is 0 Å². The van der Waals surface area contributed by atoms with Crippen molar-refractivity contribution in [3.63, 3.8) is 0 Å². The summed E-state index contributed by atoms with van der Waals surface area (Å²) in [4.78, 5) is 3.83. The highest BCUT2D eigenvalue weighted by Crippen LogP contribution is 2.45. The third-order valence-corrected chi connectivity index (χ3v) is 9.39. The van der Waals surface area contributed by atoms with E-state index < -0.39 is 0 Å². The predicted molar refractivity (Wildman–Crippen MR) is 168 cm³/mol. The average Bonchev–Trinajstić information content (AvgIpc) is 3.52. The summed E-state index contributed by atoms with van der Waals surface area (Å²) in [5.74, 6) is 0. The standard InChI is InChI=1S/C35H33N2S2.BrH/c1-3-14-28(15-4-1)18-12-26-36-30-20-7-9-22-32(30)38-34(36)24-11-25-35-37(31-21-8-10-23-33(31)39-35)27-13-19-29-16-5-2-6-17-29;/h1-11,14-17,20-25H,12-13,18-19,26-27H2;1H/q+1;/p-1. The molecule has 5 aromatic rings. The van der Waals surface area contributed by atoms with Gasteiger partial charge in [-0.15, -0.1) is 0 Å². The van der Waals surface area contributed by atoms with Crippen LogP contribution < -0.4 is 26.4 Å². The van der Waals surface area contributed by atoms with Crippen LogP contribution in [0.3, 0.4) is 0 Å². The molecule has 0 N–H and O–H groups in total. The van der Waals surface area contributed by atoms with Gasteiger partial charge in [0.05, 0.1) is 10.7 Å². The van der Waals surface area contributed by atoms with Crippen LogP contribution in [-0.4, -0.2) is 6.54 Å². The minimum absolute atomic E-state index is 0. The van der Waals surface area contributed by atoms with Gasteiger partial charge in [0.1, 0.15) is 4.70 Å². The number of hydrogen-bond acceptors (Lipinski definition) is 3. The molecule has 40 heavy (non-hydrogen) atoms. The lowest BCUT2D eigenvalue weighted by atomic mass is 10.1. The Labute approximate surface area is 256 Å². The highest BCUT2D eigenvalue weighted by atomic mass is 79.9. The van der Waals surface area contributed by atoms with E-state index in [9.17, 15) is 0 Å². The zero-order valence-corrected chi connectivity index (χ0v) is 25.7. The maximum absolute atomic E-state index is 2.49. The van der Waals surface area contributed by atoms with E-state index in [2.05, 4.69) is 137 Å². The Morgan fingerprint density at radius 1 is 0.700 bits per heavy atom. The summed E-state index contributed by atoms with van der Waals surface area (Å²) in [6, 6.07) is 39.2. The Bertz CT molecular complexity index is 1590. The number of para-hydroxylation sites is 2. The van der Waals surface area contributed by atoms with Crippen molar-refractivity contribution >= 4 is 45.1 Å². The van der Waals surface area contributed by atoms with Crippen LogP contribution in [0.15, 0.2) is 131 Å². The number of aromatic nitrogens is 1. The number of fused-ring (bicyclic) bond motifs is 2. The van der Waals surface area contributed by atoms with Gasteiger partial charge in [0.15, 0.2) is 6.54 Å². The van der Waals surface area contributed by atoms with Crippen molar-refractivity contribution in [1.82, 2.24) is 0 Å². The molecule has 1 aromatic heterocycles. The van der Waals surface area contributed by atoms with Gasteiger partial charge >= 0.3 is 0 Å². The normalized spacial score (nSPS) is 13.7. The molecule has 0 aliphatic carbocycles. The molecule has 0 bridgehead atoms. The number of hydrogen-bond donors (Lipinski definition) is 0. The summed E-state index contributed by atoms with van der Waals surface area (Å²) in [6.45, 7) is 2.03. The summed E-state index contributed by atoms with van der Waals surface area (Å²) in [7, 11) is 0. The van der Waals surface area contributed by atoms with Gasteiger partial charge < -0.3 is 21.9 Å². The summed E-state index contributed by atoms with van der Waals surface area (Å²) in [6.07, 6.45) is 11.3. The van der Waals surface area contributed by atoms with Crippen LogP contribution in [0.1, 0.15) is 29.0 Å². The van der Waals surface area contributed by atoms with Crippen molar-refractivity contribution in [2.24, 2.45) is 0 Å². The monoisotopic (exact) mass is 624 g/mol. The molecule has 0 saturated carbocycles. The Balaban J connectivity index is 0.00000323. The second-order valence-electron chi connectivity index (χ2n) is 9.82. The van der Waals surface area contributed by atoms with Crippen LogP contribution in [0.25, 0.3) is 16.3 Å². The molecule has 2 nitrogen and oxygen atoms in total. The van der Waals surface area contributed by atoms with E-state index >= 15 is 0 Å². The molecule has 202 valence electrons. The molecule has 0 unspecified atom stereocenters. The lowest BCUT2D eigenvalue weighted by Crippen LogP contribution is -3.00. The van der Waals surface area contributed by atoms with Gasteiger partial charge in [-0.3, -0.25) is 0 Å². The fraction of sp³-hybridized carbons (Fsp3) is 0.171. The fourth-order valence-electron chi connectivity index (χ4n) is 5.20. The SMILES string of the molecule is C(=Cc1sc2ccccc2[n+]1CCCc1ccccc1)C=C1Sc2ccccc2N1CCCc1ccccc1.[Br-]. The van der Waals surface area contributed by atoms with Crippen LogP contribution in [0.5, 0.6) is 0 Å². The van der Waals surface area contributed by atoms with Crippen LogP contribution in [-0.2, 0) is 19.4 Å². The molecule has 6 rings (SSSR count). The smallest absolute Gasteiger partial charge is 0.262 e. The van der Waals surface area contributed by atoms with Crippen LogP contribution >= 0.6 is 23.1 Å². The molecule has 0 saturated heterocycles. The number of benzene rings is 4. The second-order valence-corrected chi connectivity index (χ2v) is 11.9. The molecule has 0 amide bonds. The maximum Gasteiger partial charge on any atom is 0.262 e. The van der Waals surface area contributed by atoms with Crippen LogP contribution in [0.4, 0.5) is 5.69 Å². The van der Waals surface area contributed by atoms with Gasteiger partial charge in [0.2, 0.25) is 5.52 Å². The van der Waals surface area contributed by atoms with Gasteiger partial charge in [-0.1, -0.05) is 114 Å². The number of allylic oxidation sites excluding steroid dienone is 2. The third kappa shape index (κ3) is 6.77. The zero-order chi connectivity index (χ0) is 26.3. The molecule has 0 atom stereocenters. The summed E-state index contributed by atoms with van der Waals surface area (Å²) < 4.78 is 3.83. The van der Waals surface area contributed by atoms with E-state index in [1.165, 1.54) is 42.0 Å². The van der Waals surface area contributed by atoms with Gasteiger partial charge in [0.25, 0.3) is 5.01 Å². The number of thiazole rings is 1. The fourth-order valence-corrected chi connectivity index (χ4v) is 7.40. The third-order valence-electron chi connectivity index (χ3n) is 7.13. The van der Waals surface area contributed by atoms with Crippen molar-refractivity contribution < 1.29 is 21.5 Å². The highest BCUT2D eigenvalue weighted by Gasteiger charge is 2.24. The predicted octanol–water partition coefficient (Wildman–Crippen LogP) is 5.93. The highest BCUT2D eigenvalue weighted by molar-refractivity contribution is 8.03. The molecule has 1 aliphatic heterocycles. The molecule has 4 aromatic carbocycles. The number of aryl methyl sites for hydroxylation is 3. The average molecular weight is 626 g/mol. The molecular weight excluding hydrogens is 592 g/mol. The van der Waals surface area contributed by atoms with Crippen molar-refractivity contribution in [2.45, 2.75) is 37.1 Å². The van der Waals surface area contributed by atoms with Gasteiger partial charge in [-0.25, -0.2) is 0 Å². The first kappa shape index (κ1) is 28.4.